The summed E-state index contributed by atoms with van der Waals surface area (Å²) in [6, 6.07) is 19.9. The maximum atomic E-state index is 14.6. The number of carbonyl (C=O) groups is 1. The van der Waals surface area contributed by atoms with Crippen molar-refractivity contribution in [2.45, 2.75) is 46.3 Å². The first kappa shape index (κ1) is 34.7. The molecule has 47 heavy (non-hydrogen) atoms. The van der Waals surface area contributed by atoms with Gasteiger partial charge in [0.25, 0.3) is 0 Å². The van der Waals surface area contributed by atoms with E-state index in [1.54, 1.807) is 25.2 Å². The number of nitrogens with zero attached hydrogens (tertiary/aromatic N) is 5. The summed E-state index contributed by atoms with van der Waals surface area (Å²) in [6.07, 6.45) is 1.57. The number of anilines is 3. The highest BCUT2D eigenvalue weighted by Gasteiger charge is 2.39. The first-order valence-corrected chi connectivity index (χ1v) is 17.1. The van der Waals surface area contributed by atoms with Crippen LogP contribution in [0.15, 0.2) is 60.7 Å². The zero-order valence-corrected chi connectivity index (χ0v) is 29.5. The van der Waals surface area contributed by atoms with E-state index < -0.39 is 0 Å². The van der Waals surface area contributed by atoms with Crippen LogP contribution in [-0.2, 0) is 6.54 Å². The van der Waals surface area contributed by atoms with Crippen LogP contribution in [0, 0.1) is 5.92 Å². The van der Waals surface area contributed by atoms with E-state index in [0.717, 1.165) is 68.3 Å². The molecule has 1 fully saturated rings. The first-order chi connectivity index (χ1) is 22.7. The Morgan fingerprint density at radius 1 is 0.979 bits per heavy atom. The number of benzene rings is 3. The van der Waals surface area contributed by atoms with Gasteiger partial charge in [0, 0.05) is 45.8 Å². The Hall–Kier alpha value is -3.66. The van der Waals surface area contributed by atoms with E-state index in [0.29, 0.717) is 47.8 Å². The number of halogens is 1. The molecule has 3 aromatic rings. The Bertz CT molecular complexity index is 1500. The van der Waals surface area contributed by atoms with Gasteiger partial charge in [-0.2, -0.15) is 0 Å². The highest BCUT2D eigenvalue weighted by atomic mass is 35.5. The molecule has 0 aromatic heterocycles. The van der Waals surface area contributed by atoms with Crippen molar-refractivity contribution in [1.82, 2.24) is 9.80 Å². The first-order valence-electron chi connectivity index (χ1n) is 16.7. The summed E-state index contributed by atoms with van der Waals surface area (Å²) in [5.41, 5.74) is 3.59. The van der Waals surface area contributed by atoms with E-state index >= 15 is 0 Å². The average molecular weight is 664 g/mol. The molecule has 0 aliphatic carbocycles. The van der Waals surface area contributed by atoms with Gasteiger partial charge in [-0.05, 0) is 74.7 Å². The van der Waals surface area contributed by atoms with Gasteiger partial charge < -0.3 is 28.9 Å². The lowest BCUT2D eigenvalue weighted by Gasteiger charge is -2.34. The molecular weight excluding hydrogens is 614 g/mol. The van der Waals surface area contributed by atoms with E-state index in [4.69, 9.17) is 25.8 Å². The molecule has 2 aliphatic rings. The van der Waals surface area contributed by atoms with Crippen molar-refractivity contribution in [2.24, 2.45) is 5.92 Å². The van der Waals surface area contributed by atoms with Gasteiger partial charge in [-0.3, -0.25) is 9.80 Å². The second-order valence-electron chi connectivity index (χ2n) is 12.9. The van der Waals surface area contributed by atoms with Crippen molar-refractivity contribution >= 4 is 34.7 Å². The molecule has 10 heteroatoms. The van der Waals surface area contributed by atoms with Gasteiger partial charge in [0.2, 0.25) is 0 Å². The Labute approximate surface area is 285 Å². The third-order valence-electron chi connectivity index (χ3n) is 9.13. The van der Waals surface area contributed by atoms with Crippen molar-refractivity contribution in [3.05, 3.63) is 71.2 Å². The molecule has 254 valence electrons. The number of amides is 2. The number of ether oxygens (including phenoxy) is 3. The summed E-state index contributed by atoms with van der Waals surface area (Å²) < 4.78 is 17.3. The summed E-state index contributed by atoms with van der Waals surface area (Å²) in [7, 11) is 5.31. The van der Waals surface area contributed by atoms with Crippen LogP contribution in [0.4, 0.5) is 21.9 Å². The van der Waals surface area contributed by atoms with Gasteiger partial charge in [0.05, 0.1) is 37.9 Å². The molecule has 0 radical (unpaired) electrons. The number of hydrogen-bond donors (Lipinski definition) is 0. The molecule has 1 saturated heterocycles. The predicted molar refractivity (Wildman–Crippen MR) is 192 cm³/mol. The maximum Gasteiger partial charge on any atom is 0.330 e. The Kier molecular flexibility index (Phi) is 11.8. The van der Waals surface area contributed by atoms with E-state index in [-0.39, 0.29) is 12.2 Å². The van der Waals surface area contributed by atoms with Crippen LogP contribution in [0.2, 0.25) is 5.02 Å². The molecule has 5 rings (SSSR count). The minimum absolute atomic E-state index is 0.139. The second-order valence-corrected chi connectivity index (χ2v) is 13.2. The number of methoxy groups -OCH3 is 2. The lowest BCUT2D eigenvalue weighted by atomic mass is 10.1. The summed E-state index contributed by atoms with van der Waals surface area (Å²) in [5.74, 6) is 2.19. The molecule has 9 nitrogen and oxygen atoms in total. The number of para-hydroxylation sites is 2. The minimum atomic E-state index is -0.242. The normalized spacial score (nSPS) is 16.8. The molecule has 1 unspecified atom stereocenters. The van der Waals surface area contributed by atoms with E-state index in [2.05, 4.69) is 60.7 Å². The van der Waals surface area contributed by atoms with E-state index in [1.165, 1.54) is 0 Å². The number of likely N-dealkylation sites (N-methyl/N-ethyl adjacent to an activating group) is 1. The van der Waals surface area contributed by atoms with Crippen molar-refractivity contribution in [1.29, 1.82) is 0 Å². The molecule has 0 bridgehead atoms. The smallest absolute Gasteiger partial charge is 0.330 e. The van der Waals surface area contributed by atoms with Gasteiger partial charge in [-0.25, -0.2) is 4.79 Å². The lowest BCUT2D eigenvalue weighted by molar-refractivity contribution is 0.145. The molecule has 0 N–H and O–H groups in total. The molecular formula is C37H50ClN5O4. The number of hydrogen-bond acceptors (Lipinski definition) is 7. The van der Waals surface area contributed by atoms with Gasteiger partial charge in [0.1, 0.15) is 16.9 Å². The van der Waals surface area contributed by atoms with Gasteiger partial charge in [-0.1, -0.05) is 49.7 Å². The fraction of sp³-hybridized carbons (Fsp3) is 0.486. The fourth-order valence-electron chi connectivity index (χ4n) is 6.34. The van der Waals surface area contributed by atoms with E-state index in [1.807, 2.05) is 41.3 Å². The number of piperazine rings is 1. The summed E-state index contributed by atoms with van der Waals surface area (Å²) in [5, 5.41) is 0.348. The monoisotopic (exact) mass is 663 g/mol. The van der Waals surface area contributed by atoms with Crippen LogP contribution in [0.3, 0.4) is 0 Å². The molecule has 1 atom stereocenters. The Morgan fingerprint density at radius 2 is 1.72 bits per heavy atom. The van der Waals surface area contributed by atoms with Crippen molar-refractivity contribution in [3.8, 4) is 17.2 Å². The van der Waals surface area contributed by atoms with Crippen molar-refractivity contribution in [3.63, 3.8) is 0 Å². The standard InChI is InChI=1S/C37H50ClN5O4/c1-27(2)17-19-41(33-15-16-34(45-5)36(46-6)35(33)38)37(44)43-28(3)42(31-13-7-8-14-32(31)43)26-29-11-9-12-30(25-29)47-24-10-18-40-22-20-39(4)21-23-40/h7-9,11-16,25,27-28H,10,17-24,26H2,1-6H3. The molecule has 3 aromatic carbocycles. The predicted octanol–water partition coefficient (Wildman–Crippen LogP) is 7.22. The highest BCUT2D eigenvalue weighted by molar-refractivity contribution is 6.35. The summed E-state index contributed by atoms with van der Waals surface area (Å²) in [6.45, 7) is 13.8. The maximum absolute atomic E-state index is 14.6. The fourth-order valence-corrected chi connectivity index (χ4v) is 6.67. The molecule has 2 aliphatic heterocycles. The zero-order chi connectivity index (χ0) is 33.5. The van der Waals surface area contributed by atoms with Crippen LogP contribution in [0.5, 0.6) is 17.2 Å². The largest absolute Gasteiger partial charge is 0.494 e. The molecule has 2 amide bonds. The van der Waals surface area contributed by atoms with E-state index in [9.17, 15) is 4.79 Å². The number of urea groups is 1. The average Bonchev–Trinajstić information content (AvgIpc) is 3.34. The summed E-state index contributed by atoms with van der Waals surface area (Å²) >= 11 is 6.89. The Morgan fingerprint density at radius 3 is 2.43 bits per heavy atom. The van der Waals surface area contributed by atoms with Crippen molar-refractivity contribution in [2.75, 3.05) is 81.8 Å². The minimum Gasteiger partial charge on any atom is -0.494 e. The molecule has 0 saturated carbocycles. The van der Waals surface area contributed by atoms with Gasteiger partial charge in [-0.15, -0.1) is 0 Å². The SMILES string of the molecule is COc1ccc(N(CCC(C)C)C(=O)N2c3ccccc3N(Cc3cccc(OCCCN4CCN(C)CC4)c3)C2C)c(Cl)c1OC. The van der Waals surface area contributed by atoms with Crippen LogP contribution >= 0.6 is 11.6 Å². The second kappa shape index (κ2) is 16.0. The zero-order valence-electron chi connectivity index (χ0n) is 28.7. The topological polar surface area (TPSA) is 61.0 Å². The third-order valence-corrected chi connectivity index (χ3v) is 9.50. The lowest BCUT2D eigenvalue weighted by Crippen LogP contribution is -2.50. The molecule has 0 spiro atoms. The quantitative estimate of drug-likeness (QED) is 0.179. The van der Waals surface area contributed by atoms with Crippen LogP contribution in [0.1, 0.15) is 39.2 Å². The summed E-state index contributed by atoms with van der Waals surface area (Å²) in [4.78, 5) is 25.5. The van der Waals surface area contributed by atoms with Crippen molar-refractivity contribution < 1.29 is 19.0 Å². The molecule has 2 heterocycles. The third kappa shape index (κ3) is 8.08. The highest BCUT2D eigenvalue weighted by Crippen LogP contribution is 2.45. The van der Waals surface area contributed by atoms with Gasteiger partial charge >= 0.3 is 6.03 Å². The van der Waals surface area contributed by atoms with Crippen LogP contribution in [-0.4, -0.2) is 89.1 Å². The Balaban J connectivity index is 1.33. The number of fused-ring (bicyclic) bond motifs is 1. The van der Waals surface area contributed by atoms with Gasteiger partial charge in [0.15, 0.2) is 11.5 Å². The van der Waals surface area contributed by atoms with Crippen LogP contribution < -0.4 is 28.9 Å². The number of carbonyl (C=O) groups excluding carboxylic acids is 1. The van der Waals surface area contributed by atoms with Crippen LogP contribution in [0.25, 0.3) is 0 Å². The number of rotatable bonds is 13.